The first-order valence-electron chi connectivity index (χ1n) is 9.43. The number of aryl methyl sites for hydroxylation is 2. The Morgan fingerprint density at radius 3 is 2.85 bits per heavy atom. The third-order valence-corrected chi connectivity index (χ3v) is 6.39. The number of H-pyrrole nitrogens is 1. The number of carbonyl (C=O) groups is 1. The topological polar surface area (TPSA) is 86.9 Å². The number of hydrogen-bond acceptors (Lipinski definition) is 5. The first kappa shape index (κ1) is 17.4. The minimum atomic E-state index is -0.371. The van der Waals surface area contributed by atoms with E-state index in [4.69, 9.17) is 0 Å². The molecular formula is C19H24N4O2S. The highest BCUT2D eigenvalue weighted by atomic mass is 32.1. The smallest absolute Gasteiger partial charge is 0.263 e. The van der Waals surface area contributed by atoms with Gasteiger partial charge in [-0.2, -0.15) is 0 Å². The molecule has 0 radical (unpaired) electrons. The SMILES string of the molecule is O=C(Nc1ncc(C2CCNCC2)s1)c1cc2c([nH]c1=O)CCCCC2. The zero-order valence-corrected chi connectivity index (χ0v) is 15.6. The van der Waals surface area contributed by atoms with E-state index in [1.807, 2.05) is 6.20 Å². The molecule has 2 aromatic rings. The van der Waals surface area contributed by atoms with Crippen molar-refractivity contribution in [3.05, 3.63) is 44.3 Å². The van der Waals surface area contributed by atoms with E-state index in [1.165, 1.54) is 16.2 Å². The van der Waals surface area contributed by atoms with E-state index in [0.717, 1.165) is 69.3 Å². The molecule has 0 atom stereocenters. The van der Waals surface area contributed by atoms with E-state index in [0.29, 0.717) is 11.0 Å². The van der Waals surface area contributed by atoms with Gasteiger partial charge in [0.1, 0.15) is 5.56 Å². The van der Waals surface area contributed by atoms with Crippen LogP contribution < -0.4 is 16.2 Å². The lowest BCUT2D eigenvalue weighted by molar-refractivity contribution is 0.102. The summed E-state index contributed by atoms with van der Waals surface area (Å²) >= 11 is 1.52. The van der Waals surface area contributed by atoms with Crippen LogP contribution >= 0.6 is 11.3 Å². The maximum absolute atomic E-state index is 12.6. The monoisotopic (exact) mass is 372 g/mol. The zero-order chi connectivity index (χ0) is 17.9. The van der Waals surface area contributed by atoms with Crippen LogP contribution in [-0.4, -0.2) is 29.0 Å². The highest BCUT2D eigenvalue weighted by molar-refractivity contribution is 7.15. The van der Waals surface area contributed by atoms with Crippen LogP contribution in [0.15, 0.2) is 17.1 Å². The van der Waals surface area contributed by atoms with Crippen molar-refractivity contribution in [2.24, 2.45) is 0 Å². The van der Waals surface area contributed by atoms with Crippen LogP contribution in [0.4, 0.5) is 5.13 Å². The van der Waals surface area contributed by atoms with Crippen LogP contribution in [0.3, 0.4) is 0 Å². The van der Waals surface area contributed by atoms with Gasteiger partial charge in [-0.25, -0.2) is 4.98 Å². The fraction of sp³-hybridized carbons (Fsp3) is 0.526. The Bertz CT molecular complexity index is 851. The average Bonchev–Trinajstić information content (AvgIpc) is 3.00. The molecule has 6 nitrogen and oxygen atoms in total. The van der Waals surface area contributed by atoms with Crippen molar-refractivity contribution in [1.29, 1.82) is 0 Å². The van der Waals surface area contributed by atoms with Gasteiger partial charge in [-0.05, 0) is 69.2 Å². The van der Waals surface area contributed by atoms with Crippen molar-refractivity contribution in [1.82, 2.24) is 15.3 Å². The summed E-state index contributed by atoms with van der Waals surface area (Å²) in [5.74, 6) is 0.139. The second kappa shape index (κ2) is 7.72. The number of amides is 1. The third kappa shape index (κ3) is 3.73. The number of rotatable bonds is 3. The molecule has 1 saturated heterocycles. The number of fused-ring (bicyclic) bond motifs is 1. The molecule has 0 unspecified atom stereocenters. The number of nitrogens with zero attached hydrogens (tertiary/aromatic N) is 1. The number of anilines is 1. The Balaban J connectivity index is 1.51. The number of carbonyl (C=O) groups excluding carboxylic acids is 1. The molecule has 1 aliphatic carbocycles. The van der Waals surface area contributed by atoms with Gasteiger partial charge in [0.2, 0.25) is 0 Å². The molecule has 4 rings (SSSR count). The van der Waals surface area contributed by atoms with Crippen molar-refractivity contribution in [3.8, 4) is 0 Å². The van der Waals surface area contributed by atoms with Crippen LogP contribution in [0.25, 0.3) is 0 Å². The molecular weight excluding hydrogens is 348 g/mol. The number of aromatic nitrogens is 2. The number of piperidine rings is 1. The molecule has 0 saturated carbocycles. The van der Waals surface area contributed by atoms with Crippen LogP contribution in [-0.2, 0) is 12.8 Å². The second-order valence-corrected chi connectivity index (χ2v) is 8.18. The molecule has 1 amide bonds. The van der Waals surface area contributed by atoms with Crippen molar-refractivity contribution in [2.75, 3.05) is 18.4 Å². The summed E-state index contributed by atoms with van der Waals surface area (Å²) in [4.78, 5) is 33.4. The molecule has 7 heteroatoms. The van der Waals surface area contributed by atoms with Gasteiger partial charge in [0, 0.05) is 16.8 Å². The standard InChI is InChI=1S/C19H24N4O2S/c24-17-14(10-13-4-2-1-3-5-15(13)22-17)18(25)23-19-21-11-16(26-19)12-6-8-20-9-7-12/h10-12,20H,1-9H2,(H,22,24)(H,21,23,25). The van der Waals surface area contributed by atoms with Gasteiger partial charge in [-0.15, -0.1) is 11.3 Å². The number of nitrogens with one attached hydrogen (secondary N) is 3. The second-order valence-electron chi connectivity index (χ2n) is 7.12. The minimum Gasteiger partial charge on any atom is -0.325 e. The molecule has 1 fully saturated rings. The zero-order valence-electron chi connectivity index (χ0n) is 14.8. The Morgan fingerprint density at radius 2 is 2.00 bits per heavy atom. The van der Waals surface area contributed by atoms with Crippen molar-refractivity contribution < 1.29 is 4.79 Å². The largest absolute Gasteiger partial charge is 0.325 e. The molecule has 2 aromatic heterocycles. The molecule has 138 valence electrons. The Kier molecular flexibility index (Phi) is 5.17. The molecule has 3 heterocycles. The lowest BCUT2D eigenvalue weighted by atomic mass is 9.97. The summed E-state index contributed by atoms with van der Waals surface area (Å²) in [6.07, 6.45) is 9.22. The summed E-state index contributed by atoms with van der Waals surface area (Å²) < 4.78 is 0. The first-order chi connectivity index (χ1) is 12.7. The first-order valence-corrected chi connectivity index (χ1v) is 10.3. The van der Waals surface area contributed by atoms with Gasteiger partial charge >= 0.3 is 0 Å². The molecule has 3 N–H and O–H groups in total. The van der Waals surface area contributed by atoms with Gasteiger partial charge in [0.15, 0.2) is 5.13 Å². The third-order valence-electron chi connectivity index (χ3n) is 5.32. The minimum absolute atomic E-state index is 0.185. The quantitative estimate of drug-likeness (QED) is 0.723. The van der Waals surface area contributed by atoms with E-state index in [2.05, 4.69) is 20.6 Å². The molecule has 0 aromatic carbocycles. The van der Waals surface area contributed by atoms with Crippen LogP contribution in [0, 0.1) is 0 Å². The Labute approximate surface area is 156 Å². The Morgan fingerprint density at radius 1 is 1.19 bits per heavy atom. The van der Waals surface area contributed by atoms with E-state index >= 15 is 0 Å². The van der Waals surface area contributed by atoms with E-state index in [-0.39, 0.29) is 17.0 Å². The Hall–Kier alpha value is -1.99. The summed E-state index contributed by atoms with van der Waals surface area (Å²) in [7, 11) is 0. The van der Waals surface area contributed by atoms with E-state index < -0.39 is 0 Å². The number of hydrogen-bond donors (Lipinski definition) is 3. The molecule has 26 heavy (non-hydrogen) atoms. The highest BCUT2D eigenvalue weighted by Gasteiger charge is 2.20. The van der Waals surface area contributed by atoms with Gasteiger partial charge in [0.25, 0.3) is 11.5 Å². The van der Waals surface area contributed by atoms with Crippen molar-refractivity contribution >= 4 is 22.4 Å². The highest BCUT2D eigenvalue weighted by Crippen LogP contribution is 2.31. The number of aromatic amines is 1. The maximum atomic E-state index is 12.6. The fourth-order valence-electron chi connectivity index (χ4n) is 3.82. The lowest BCUT2D eigenvalue weighted by Crippen LogP contribution is -2.26. The van der Waals surface area contributed by atoms with Gasteiger partial charge in [-0.3, -0.25) is 14.9 Å². The maximum Gasteiger partial charge on any atom is 0.263 e. The molecule has 0 bridgehead atoms. The molecule has 0 spiro atoms. The number of pyridine rings is 1. The predicted molar refractivity (Wildman–Crippen MR) is 103 cm³/mol. The van der Waals surface area contributed by atoms with Gasteiger partial charge < -0.3 is 10.3 Å². The summed E-state index contributed by atoms with van der Waals surface area (Å²) in [6, 6.07) is 1.77. The lowest BCUT2D eigenvalue weighted by Gasteiger charge is -2.20. The van der Waals surface area contributed by atoms with Gasteiger partial charge in [-0.1, -0.05) is 6.42 Å². The van der Waals surface area contributed by atoms with E-state index in [9.17, 15) is 9.59 Å². The van der Waals surface area contributed by atoms with Crippen molar-refractivity contribution in [3.63, 3.8) is 0 Å². The van der Waals surface area contributed by atoms with Crippen LogP contribution in [0.2, 0.25) is 0 Å². The molecule has 1 aliphatic heterocycles. The van der Waals surface area contributed by atoms with E-state index in [1.54, 1.807) is 6.07 Å². The predicted octanol–water partition coefficient (Wildman–Crippen LogP) is 2.82. The summed E-state index contributed by atoms with van der Waals surface area (Å²) in [5.41, 5.74) is 1.97. The van der Waals surface area contributed by atoms with Crippen molar-refractivity contribution in [2.45, 2.75) is 50.9 Å². The molecule has 2 aliphatic rings. The summed E-state index contributed by atoms with van der Waals surface area (Å²) in [6.45, 7) is 2.05. The number of thiazole rings is 1. The van der Waals surface area contributed by atoms with Crippen LogP contribution in [0.1, 0.15) is 64.5 Å². The average molecular weight is 372 g/mol. The normalized spacial score (nSPS) is 18.2. The van der Waals surface area contributed by atoms with Crippen LogP contribution in [0.5, 0.6) is 0 Å². The fourth-order valence-corrected chi connectivity index (χ4v) is 4.80. The summed E-state index contributed by atoms with van der Waals surface area (Å²) in [5, 5.41) is 6.74. The van der Waals surface area contributed by atoms with Gasteiger partial charge in [0.05, 0.1) is 0 Å².